The van der Waals surface area contributed by atoms with E-state index < -0.39 is 5.97 Å². The zero-order valence-corrected chi connectivity index (χ0v) is 11.2. The van der Waals surface area contributed by atoms with Crippen LogP contribution in [0.15, 0.2) is 36.4 Å². The lowest BCUT2D eigenvalue weighted by molar-refractivity contribution is 0.0601. The Bertz CT molecular complexity index is 636. The summed E-state index contributed by atoms with van der Waals surface area (Å²) in [6.07, 6.45) is 0. The fraction of sp³-hybridized carbons (Fsp3) is 0.133. The lowest BCUT2D eigenvalue weighted by atomic mass is 10.1. The molecule has 0 radical (unpaired) electrons. The molecular formula is C15H15FN2O2. The first kappa shape index (κ1) is 13.9. The van der Waals surface area contributed by atoms with E-state index in [1.54, 1.807) is 31.2 Å². The molecule has 0 atom stereocenters. The summed E-state index contributed by atoms with van der Waals surface area (Å²) >= 11 is 0. The number of benzene rings is 2. The van der Waals surface area contributed by atoms with E-state index in [0.29, 0.717) is 22.6 Å². The van der Waals surface area contributed by atoms with Gasteiger partial charge in [0.15, 0.2) is 0 Å². The van der Waals surface area contributed by atoms with Gasteiger partial charge in [0.2, 0.25) is 0 Å². The summed E-state index contributed by atoms with van der Waals surface area (Å²) in [6, 6.07) is 9.48. The lowest BCUT2D eigenvalue weighted by Gasteiger charge is -2.13. The van der Waals surface area contributed by atoms with E-state index in [2.05, 4.69) is 10.1 Å². The van der Waals surface area contributed by atoms with Gasteiger partial charge in [-0.15, -0.1) is 0 Å². The van der Waals surface area contributed by atoms with Gasteiger partial charge in [0, 0.05) is 0 Å². The Labute approximate surface area is 116 Å². The third kappa shape index (κ3) is 2.71. The van der Waals surface area contributed by atoms with Gasteiger partial charge in [-0.1, -0.05) is 12.1 Å². The number of esters is 1. The lowest BCUT2D eigenvalue weighted by Crippen LogP contribution is -2.04. The van der Waals surface area contributed by atoms with Crippen LogP contribution in [-0.2, 0) is 4.74 Å². The average molecular weight is 274 g/mol. The van der Waals surface area contributed by atoms with Crippen molar-refractivity contribution in [1.82, 2.24) is 0 Å². The van der Waals surface area contributed by atoms with E-state index in [9.17, 15) is 9.18 Å². The monoisotopic (exact) mass is 274 g/mol. The molecule has 3 N–H and O–H groups in total. The number of nitrogens with one attached hydrogen (secondary N) is 1. The molecule has 0 aliphatic carbocycles. The van der Waals surface area contributed by atoms with E-state index in [1.807, 2.05) is 0 Å². The van der Waals surface area contributed by atoms with Crippen LogP contribution in [0.3, 0.4) is 0 Å². The molecule has 0 fully saturated rings. The van der Waals surface area contributed by atoms with Crippen molar-refractivity contribution in [1.29, 1.82) is 0 Å². The number of nitrogens with two attached hydrogens (primary N) is 1. The number of halogens is 1. The van der Waals surface area contributed by atoms with Gasteiger partial charge in [-0.3, -0.25) is 0 Å². The van der Waals surface area contributed by atoms with Gasteiger partial charge in [0.1, 0.15) is 5.82 Å². The van der Waals surface area contributed by atoms with Crippen molar-refractivity contribution in [3.8, 4) is 0 Å². The topological polar surface area (TPSA) is 64.3 Å². The minimum Gasteiger partial charge on any atom is -0.465 e. The van der Waals surface area contributed by atoms with Gasteiger partial charge >= 0.3 is 5.97 Å². The van der Waals surface area contributed by atoms with E-state index in [-0.39, 0.29) is 5.82 Å². The van der Waals surface area contributed by atoms with Crippen LogP contribution in [0.5, 0.6) is 0 Å². The van der Waals surface area contributed by atoms with Crippen molar-refractivity contribution in [3.63, 3.8) is 0 Å². The van der Waals surface area contributed by atoms with Gasteiger partial charge in [-0.25, -0.2) is 9.18 Å². The largest absolute Gasteiger partial charge is 0.465 e. The van der Waals surface area contributed by atoms with Crippen LogP contribution in [0.25, 0.3) is 0 Å². The maximum absolute atomic E-state index is 13.8. The number of methoxy groups -OCH3 is 1. The van der Waals surface area contributed by atoms with Crippen LogP contribution in [0.4, 0.5) is 21.5 Å². The quantitative estimate of drug-likeness (QED) is 0.666. The number of rotatable bonds is 3. The van der Waals surface area contributed by atoms with E-state index >= 15 is 0 Å². The molecule has 0 aliphatic rings. The highest BCUT2D eigenvalue weighted by molar-refractivity contribution is 5.92. The highest BCUT2D eigenvalue weighted by Crippen LogP contribution is 2.28. The number of anilines is 3. The molecule has 2 aromatic carbocycles. The predicted octanol–water partition coefficient (Wildman–Crippen LogP) is 3.25. The molecule has 0 bridgehead atoms. The zero-order valence-electron chi connectivity index (χ0n) is 11.2. The van der Waals surface area contributed by atoms with Crippen molar-refractivity contribution >= 4 is 23.0 Å². The summed E-state index contributed by atoms with van der Waals surface area (Å²) < 4.78 is 18.4. The molecule has 4 nitrogen and oxygen atoms in total. The Morgan fingerprint density at radius 3 is 2.65 bits per heavy atom. The molecule has 20 heavy (non-hydrogen) atoms. The Morgan fingerprint density at radius 1 is 1.30 bits per heavy atom. The maximum atomic E-state index is 13.8. The molecule has 0 heterocycles. The molecule has 2 aromatic rings. The standard InChI is InChI=1S/C15H15FN2O2/c1-9-4-3-5-11(16)14(9)18-13-7-6-10(8-12(13)17)15(19)20-2/h3-8,18H,17H2,1-2H3. The summed E-state index contributed by atoms with van der Waals surface area (Å²) in [5.41, 5.74) is 8.22. The number of para-hydroxylation sites is 1. The summed E-state index contributed by atoms with van der Waals surface area (Å²) in [6.45, 7) is 1.80. The number of hydrogen-bond acceptors (Lipinski definition) is 4. The number of hydrogen-bond donors (Lipinski definition) is 2. The Kier molecular flexibility index (Phi) is 3.89. The third-order valence-corrected chi connectivity index (χ3v) is 2.95. The van der Waals surface area contributed by atoms with E-state index in [0.717, 1.165) is 5.56 Å². The second-order valence-corrected chi connectivity index (χ2v) is 4.35. The summed E-state index contributed by atoms with van der Waals surface area (Å²) in [5, 5.41) is 2.94. The minimum atomic E-state index is -0.467. The molecule has 0 spiro atoms. The van der Waals surface area contributed by atoms with Gasteiger partial charge < -0.3 is 15.8 Å². The summed E-state index contributed by atoms with van der Waals surface area (Å²) in [4.78, 5) is 11.4. The normalized spacial score (nSPS) is 10.2. The number of ether oxygens (including phenoxy) is 1. The number of aryl methyl sites for hydroxylation is 1. The van der Waals surface area contributed by atoms with E-state index in [1.165, 1.54) is 19.2 Å². The van der Waals surface area contributed by atoms with Gasteiger partial charge in [-0.05, 0) is 36.8 Å². The predicted molar refractivity (Wildman–Crippen MR) is 76.6 cm³/mol. The maximum Gasteiger partial charge on any atom is 0.337 e. The molecule has 0 saturated heterocycles. The highest BCUT2D eigenvalue weighted by Gasteiger charge is 2.10. The molecule has 0 amide bonds. The van der Waals surface area contributed by atoms with Crippen molar-refractivity contribution in [2.75, 3.05) is 18.2 Å². The second-order valence-electron chi connectivity index (χ2n) is 4.35. The van der Waals surface area contributed by atoms with Gasteiger partial charge in [-0.2, -0.15) is 0 Å². The van der Waals surface area contributed by atoms with Gasteiger partial charge in [0.25, 0.3) is 0 Å². The minimum absolute atomic E-state index is 0.343. The van der Waals surface area contributed by atoms with Crippen molar-refractivity contribution in [2.24, 2.45) is 0 Å². The first-order chi connectivity index (χ1) is 9.52. The molecule has 0 aliphatic heterocycles. The molecule has 0 unspecified atom stereocenters. The van der Waals surface area contributed by atoms with Crippen LogP contribution >= 0.6 is 0 Å². The molecule has 2 rings (SSSR count). The van der Waals surface area contributed by atoms with Crippen molar-refractivity contribution in [2.45, 2.75) is 6.92 Å². The zero-order chi connectivity index (χ0) is 14.7. The number of carbonyl (C=O) groups is 1. The fourth-order valence-electron chi connectivity index (χ4n) is 1.85. The van der Waals surface area contributed by atoms with Crippen LogP contribution in [0.1, 0.15) is 15.9 Å². The van der Waals surface area contributed by atoms with Gasteiger partial charge in [0.05, 0.1) is 29.7 Å². The highest BCUT2D eigenvalue weighted by atomic mass is 19.1. The van der Waals surface area contributed by atoms with Crippen LogP contribution < -0.4 is 11.1 Å². The van der Waals surface area contributed by atoms with Crippen molar-refractivity contribution in [3.05, 3.63) is 53.3 Å². The molecule has 104 valence electrons. The fourth-order valence-corrected chi connectivity index (χ4v) is 1.85. The van der Waals surface area contributed by atoms with Crippen LogP contribution in [0.2, 0.25) is 0 Å². The Hall–Kier alpha value is -2.56. The Morgan fingerprint density at radius 2 is 2.05 bits per heavy atom. The molecule has 0 aromatic heterocycles. The van der Waals surface area contributed by atoms with Crippen molar-refractivity contribution < 1.29 is 13.9 Å². The summed E-state index contributed by atoms with van der Waals surface area (Å²) in [7, 11) is 1.30. The second kappa shape index (κ2) is 5.61. The Balaban J connectivity index is 2.33. The van der Waals surface area contributed by atoms with Crippen LogP contribution in [0, 0.1) is 12.7 Å². The van der Waals surface area contributed by atoms with Crippen LogP contribution in [-0.4, -0.2) is 13.1 Å². The molecular weight excluding hydrogens is 259 g/mol. The van der Waals surface area contributed by atoms with E-state index in [4.69, 9.17) is 5.73 Å². The SMILES string of the molecule is COC(=O)c1ccc(Nc2c(C)cccc2F)c(N)c1. The number of nitrogen functional groups attached to an aromatic ring is 1. The first-order valence-corrected chi connectivity index (χ1v) is 6.03. The average Bonchev–Trinajstić information content (AvgIpc) is 2.43. The summed E-state index contributed by atoms with van der Waals surface area (Å²) in [5.74, 6) is -0.827. The first-order valence-electron chi connectivity index (χ1n) is 6.03. The molecule has 0 saturated carbocycles. The number of carbonyl (C=O) groups excluding carboxylic acids is 1. The smallest absolute Gasteiger partial charge is 0.337 e. The third-order valence-electron chi connectivity index (χ3n) is 2.95. The molecule has 5 heteroatoms.